The summed E-state index contributed by atoms with van der Waals surface area (Å²) < 4.78 is 0. The highest BCUT2D eigenvalue weighted by Gasteiger charge is 2.28. The molecule has 0 aromatic heterocycles. The van der Waals surface area contributed by atoms with Crippen LogP contribution in [0.4, 0.5) is 0 Å². The summed E-state index contributed by atoms with van der Waals surface area (Å²) in [6.45, 7) is 5.72. The maximum absolute atomic E-state index is 9.01. The van der Waals surface area contributed by atoms with Gasteiger partial charge in [-0.3, -0.25) is 4.90 Å². The second-order valence-corrected chi connectivity index (χ2v) is 7.61. The van der Waals surface area contributed by atoms with E-state index in [4.69, 9.17) is 10.8 Å². The van der Waals surface area contributed by atoms with Crippen molar-refractivity contribution >= 4 is 8.58 Å². The van der Waals surface area contributed by atoms with Gasteiger partial charge in [-0.2, -0.15) is 0 Å². The molecule has 3 N–H and O–H groups in total. The molecule has 3 aliphatic heterocycles. The normalized spacial score (nSPS) is 31.0. The zero-order valence-electron chi connectivity index (χ0n) is 12.1. The Balaban J connectivity index is 1.55. The number of piperidine rings is 1. The molecule has 0 aliphatic carbocycles. The van der Waals surface area contributed by atoms with E-state index in [1.807, 2.05) is 0 Å². The van der Waals surface area contributed by atoms with E-state index in [2.05, 4.69) is 22.0 Å². The summed E-state index contributed by atoms with van der Waals surface area (Å²) >= 11 is 0. The highest BCUT2D eigenvalue weighted by atomic mass is 31.1. The Labute approximate surface area is 123 Å². The van der Waals surface area contributed by atoms with E-state index in [1.54, 1.807) is 5.31 Å². The number of nitrogens with two attached hydrogens (primary N) is 1. The number of hydrogen-bond donors (Lipinski definition) is 2. The number of aliphatic hydroxyl groups excluding tert-OH is 1. The Morgan fingerprint density at radius 3 is 2.85 bits per heavy atom. The molecule has 1 saturated heterocycles. The van der Waals surface area contributed by atoms with Gasteiger partial charge in [0.1, 0.15) is 0 Å². The van der Waals surface area contributed by atoms with Crippen molar-refractivity contribution in [3.05, 3.63) is 23.0 Å². The lowest BCUT2D eigenvalue weighted by Gasteiger charge is -2.41. The molecule has 0 bridgehead atoms. The van der Waals surface area contributed by atoms with E-state index >= 15 is 0 Å². The number of nitrogens with zero attached hydrogens (tertiary/aromatic N) is 2. The first kappa shape index (κ1) is 14.7. The zero-order valence-corrected chi connectivity index (χ0v) is 13.1. The van der Waals surface area contributed by atoms with Crippen molar-refractivity contribution in [3.8, 4) is 0 Å². The fraction of sp³-hybridized carbons (Fsp3) is 0.733. The summed E-state index contributed by atoms with van der Waals surface area (Å²) in [4.78, 5) is 5.05. The Morgan fingerprint density at radius 1 is 1.30 bits per heavy atom. The van der Waals surface area contributed by atoms with E-state index in [0.717, 1.165) is 40.8 Å². The number of likely N-dealkylation sites (tertiary alicyclic amines) is 1. The third kappa shape index (κ3) is 3.32. The first-order valence-corrected chi connectivity index (χ1v) is 8.83. The largest absolute Gasteiger partial charge is 0.395 e. The first-order valence-electron chi connectivity index (χ1n) is 7.76. The minimum absolute atomic E-state index is 0.266. The maximum Gasteiger partial charge on any atom is 0.0558 e. The molecule has 0 aromatic rings. The molecule has 0 radical (unpaired) electrons. The van der Waals surface area contributed by atoms with Crippen LogP contribution in [0.5, 0.6) is 0 Å². The lowest BCUT2D eigenvalue weighted by Crippen LogP contribution is -2.47. The van der Waals surface area contributed by atoms with Crippen molar-refractivity contribution in [2.24, 2.45) is 5.73 Å². The Hall–Kier alpha value is -0.250. The predicted molar refractivity (Wildman–Crippen MR) is 85.2 cm³/mol. The molecule has 3 heterocycles. The van der Waals surface area contributed by atoms with Crippen LogP contribution in [0.25, 0.3) is 0 Å². The number of hydrogen-bond acceptors (Lipinski definition) is 4. The zero-order chi connectivity index (χ0) is 13.9. The molecule has 4 nitrogen and oxygen atoms in total. The quantitative estimate of drug-likeness (QED) is 0.761. The number of β-amino-alcohol motifs (C(OH)–C–C–N with tert-alkyl or cyclic N) is 1. The van der Waals surface area contributed by atoms with E-state index in [0.29, 0.717) is 0 Å². The van der Waals surface area contributed by atoms with Crippen molar-refractivity contribution in [3.63, 3.8) is 0 Å². The van der Waals surface area contributed by atoms with Crippen LogP contribution in [-0.4, -0.2) is 66.1 Å². The molecule has 112 valence electrons. The van der Waals surface area contributed by atoms with Crippen molar-refractivity contribution in [2.75, 3.05) is 39.3 Å². The summed E-state index contributed by atoms with van der Waals surface area (Å²) in [6, 6.07) is 0.728. The maximum atomic E-state index is 9.01. The van der Waals surface area contributed by atoms with Gasteiger partial charge in [0.25, 0.3) is 0 Å². The SMILES string of the molecule is NC1C=CC2=C(CCN(C3CCN(CCO)CC3)C2)P1. The van der Waals surface area contributed by atoms with Crippen LogP contribution in [0.15, 0.2) is 23.0 Å². The van der Waals surface area contributed by atoms with E-state index in [1.165, 1.54) is 31.4 Å². The molecule has 0 amide bonds. The van der Waals surface area contributed by atoms with Gasteiger partial charge in [-0.05, 0) is 43.2 Å². The van der Waals surface area contributed by atoms with Gasteiger partial charge in [0, 0.05) is 31.5 Å². The van der Waals surface area contributed by atoms with E-state index < -0.39 is 0 Å². The first-order chi connectivity index (χ1) is 9.76. The minimum atomic E-state index is 0.266. The molecule has 2 unspecified atom stereocenters. The fourth-order valence-electron chi connectivity index (χ4n) is 3.56. The molecule has 0 saturated carbocycles. The number of aliphatic hydroxyl groups is 1. The minimum Gasteiger partial charge on any atom is -0.395 e. The average molecular weight is 295 g/mol. The van der Waals surface area contributed by atoms with E-state index in [-0.39, 0.29) is 12.4 Å². The van der Waals surface area contributed by atoms with Crippen LogP contribution < -0.4 is 5.73 Å². The monoisotopic (exact) mass is 295 g/mol. The molecule has 5 heteroatoms. The summed E-state index contributed by atoms with van der Waals surface area (Å²) in [7, 11) is 0.808. The standard InChI is InChI=1S/C15H26N3OP/c16-15-2-1-12-11-18(8-5-14(12)20-15)13-3-6-17(7-4-13)9-10-19/h1-2,13,15,19-20H,3-11,16H2. The van der Waals surface area contributed by atoms with Gasteiger partial charge in [0.05, 0.1) is 6.61 Å². The van der Waals surface area contributed by atoms with Gasteiger partial charge in [0.2, 0.25) is 0 Å². The van der Waals surface area contributed by atoms with Crippen LogP contribution in [0.2, 0.25) is 0 Å². The van der Waals surface area contributed by atoms with Crippen LogP contribution in [0.1, 0.15) is 19.3 Å². The highest BCUT2D eigenvalue weighted by Crippen LogP contribution is 2.40. The second-order valence-electron chi connectivity index (χ2n) is 6.05. The molecule has 0 spiro atoms. The van der Waals surface area contributed by atoms with Crippen molar-refractivity contribution < 1.29 is 5.11 Å². The van der Waals surface area contributed by atoms with Crippen molar-refractivity contribution in [2.45, 2.75) is 31.1 Å². The van der Waals surface area contributed by atoms with Crippen molar-refractivity contribution in [1.29, 1.82) is 0 Å². The summed E-state index contributed by atoms with van der Waals surface area (Å²) in [5, 5.41) is 10.6. The van der Waals surface area contributed by atoms with Crippen molar-refractivity contribution in [1.82, 2.24) is 9.80 Å². The molecule has 3 rings (SSSR count). The van der Waals surface area contributed by atoms with Crippen LogP contribution in [-0.2, 0) is 0 Å². The smallest absolute Gasteiger partial charge is 0.0558 e. The van der Waals surface area contributed by atoms with Crippen LogP contribution in [0.3, 0.4) is 0 Å². The molecular weight excluding hydrogens is 269 g/mol. The Kier molecular flexibility index (Phi) is 4.90. The second kappa shape index (κ2) is 6.67. The molecular formula is C15H26N3OP. The summed E-state index contributed by atoms with van der Waals surface area (Å²) in [5.74, 6) is 0.266. The average Bonchev–Trinajstić information content (AvgIpc) is 2.48. The molecule has 1 fully saturated rings. The molecule has 3 aliphatic rings. The lowest BCUT2D eigenvalue weighted by molar-refractivity contribution is 0.100. The van der Waals surface area contributed by atoms with E-state index in [9.17, 15) is 0 Å². The Bertz CT molecular complexity index is 402. The fourth-order valence-corrected chi connectivity index (χ4v) is 4.76. The van der Waals surface area contributed by atoms with Crippen LogP contribution >= 0.6 is 8.58 Å². The third-order valence-corrected chi connectivity index (χ3v) is 6.19. The number of rotatable bonds is 3. The highest BCUT2D eigenvalue weighted by molar-refractivity contribution is 7.44. The van der Waals surface area contributed by atoms with Gasteiger partial charge in [-0.25, -0.2) is 0 Å². The molecule has 0 aromatic carbocycles. The summed E-state index contributed by atoms with van der Waals surface area (Å²) in [5.41, 5.74) is 7.55. The molecule has 2 atom stereocenters. The summed E-state index contributed by atoms with van der Waals surface area (Å²) in [6.07, 6.45) is 8.14. The third-order valence-electron chi connectivity index (χ3n) is 4.75. The van der Waals surface area contributed by atoms with Gasteiger partial charge >= 0.3 is 0 Å². The van der Waals surface area contributed by atoms with Gasteiger partial charge < -0.3 is 15.7 Å². The Morgan fingerprint density at radius 2 is 2.10 bits per heavy atom. The van der Waals surface area contributed by atoms with Crippen LogP contribution in [0, 0.1) is 0 Å². The van der Waals surface area contributed by atoms with Gasteiger partial charge in [-0.15, -0.1) is 0 Å². The predicted octanol–water partition coefficient (Wildman–Crippen LogP) is 0.936. The van der Waals surface area contributed by atoms with Gasteiger partial charge in [-0.1, -0.05) is 20.7 Å². The lowest BCUT2D eigenvalue weighted by atomic mass is 9.99. The topological polar surface area (TPSA) is 52.7 Å². The molecule has 20 heavy (non-hydrogen) atoms. The van der Waals surface area contributed by atoms with Gasteiger partial charge in [0.15, 0.2) is 0 Å².